The highest BCUT2D eigenvalue weighted by molar-refractivity contribution is 6.00. The summed E-state index contributed by atoms with van der Waals surface area (Å²) >= 11 is 0. The first-order valence-corrected chi connectivity index (χ1v) is 14.5. The van der Waals surface area contributed by atoms with Crippen LogP contribution in [0.4, 0.5) is 10.1 Å². The Labute approximate surface area is 227 Å². The number of carbonyl (C=O) groups is 1. The Morgan fingerprint density at radius 3 is 2.41 bits per heavy atom. The lowest BCUT2D eigenvalue weighted by atomic mass is 9.41. The van der Waals surface area contributed by atoms with Crippen molar-refractivity contribution in [3.05, 3.63) is 53.8 Å². The summed E-state index contributed by atoms with van der Waals surface area (Å²) in [5.74, 6) is 2.31. The third-order valence-corrected chi connectivity index (χ3v) is 10.6. The number of rotatable bonds is 7. The minimum atomic E-state index is -1.11. The number of hydrogen-bond acceptors (Lipinski definition) is 6. The van der Waals surface area contributed by atoms with E-state index in [1.54, 1.807) is 0 Å². The normalized spacial score (nSPS) is 34.3. The topological polar surface area (TPSA) is 85.0 Å². The summed E-state index contributed by atoms with van der Waals surface area (Å²) in [5, 5.41) is 12.9. The molecule has 1 amide bonds. The smallest absolute Gasteiger partial charge is 0.233 e. The fraction of sp³-hybridized carbons (Fsp3) is 0.581. The predicted octanol–water partition coefficient (Wildman–Crippen LogP) is 6.23. The van der Waals surface area contributed by atoms with Crippen molar-refractivity contribution < 1.29 is 13.7 Å². The summed E-state index contributed by atoms with van der Waals surface area (Å²) in [6.07, 6.45) is 9.57. The zero-order valence-corrected chi connectivity index (χ0v) is 22.5. The SMILES string of the molecule is Cc1ccc(-c2cccc(N(CC34CCC(c5nc(C6CC6)no5)(CC3)CC4)C(=O)C34CC(F)(C3)C4)c2)nn1. The molecule has 7 nitrogen and oxygen atoms in total. The van der Waals surface area contributed by atoms with E-state index in [2.05, 4.69) is 21.4 Å². The third kappa shape index (κ3) is 3.70. The maximum atomic E-state index is 14.5. The van der Waals surface area contributed by atoms with Gasteiger partial charge in [0.25, 0.3) is 0 Å². The Bertz CT molecular complexity index is 1420. The fourth-order valence-corrected chi connectivity index (χ4v) is 7.96. The molecular weight excluding hydrogens is 493 g/mol. The first kappa shape index (κ1) is 23.7. The first-order valence-electron chi connectivity index (χ1n) is 14.5. The van der Waals surface area contributed by atoms with Crippen molar-refractivity contribution in [1.82, 2.24) is 20.3 Å². The summed E-state index contributed by atoms with van der Waals surface area (Å²) in [6.45, 7) is 2.59. The molecule has 7 fully saturated rings. The van der Waals surface area contributed by atoms with Crippen molar-refractivity contribution in [2.24, 2.45) is 10.8 Å². The Morgan fingerprint density at radius 2 is 1.77 bits per heavy atom. The molecule has 2 aromatic heterocycles. The van der Waals surface area contributed by atoms with E-state index in [0.717, 1.165) is 72.9 Å². The molecule has 1 aromatic carbocycles. The second kappa shape index (κ2) is 7.95. The average Bonchev–Trinajstić information content (AvgIpc) is 3.66. The lowest BCUT2D eigenvalue weighted by molar-refractivity contribution is -0.211. The average molecular weight is 528 g/mol. The number of anilines is 1. The fourth-order valence-electron chi connectivity index (χ4n) is 7.96. The van der Waals surface area contributed by atoms with Crippen LogP contribution >= 0.6 is 0 Å². The molecule has 0 N–H and O–H groups in total. The summed E-state index contributed by atoms with van der Waals surface area (Å²) in [4.78, 5) is 21.0. The number of nitrogens with zero attached hydrogens (tertiary/aromatic N) is 5. The van der Waals surface area contributed by atoms with Crippen LogP contribution in [0.15, 0.2) is 40.9 Å². The Hall–Kier alpha value is -3.16. The molecule has 8 heteroatoms. The Morgan fingerprint density at radius 1 is 1.03 bits per heavy atom. The number of hydrogen-bond donors (Lipinski definition) is 0. The van der Waals surface area contributed by atoms with Crippen LogP contribution in [-0.4, -0.2) is 38.5 Å². The number of aryl methyl sites for hydroxylation is 1. The second-order valence-electron chi connectivity index (χ2n) is 13.5. The molecule has 7 aliphatic carbocycles. The Balaban J connectivity index is 1.07. The van der Waals surface area contributed by atoms with Gasteiger partial charge < -0.3 is 9.42 Å². The third-order valence-electron chi connectivity index (χ3n) is 10.6. The van der Waals surface area contributed by atoms with Gasteiger partial charge in [-0.1, -0.05) is 17.3 Å². The van der Waals surface area contributed by atoms with E-state index in [1.165, 1.54) is 12.8 Å². The standard InChI is InChI=1S/C31H34FN5O2/c1-20-5-8-24(35-34-20)22-3-2-4-23(15-22)37(27(38)30-16-31(32,17-30)18-30)19-28-9-12-29(13-10-28,14-11-28)26-33-25(36-39-26)21-6-7-21/h2-5,8,15,21H,6-7,9-14,16-19H2,1H3. The first-order chi connectivity index (χ1) is 18.8. The van der Waals surface area contributed by atoms with Gasteiger partial charge in [-0.15, -0.1) is 0 Å². The molecule has 10 rings (SSSR count). The van der Waals surface area contributed by atoms with Crippen molar-refractivity contribution in [3.8, 4) is 11.3 Å². The summed E-state index contributed by atoms with van der Waals surface area (Å²) in [7, 11) is 0. The van der Waals surface area contributed by atoms with Gasteiger partial charge in [-0.25, -0.2) is 4.39 Å². The molecule has 0 radical (unpaired) electrons. The Kier molecular flexibility index (Phi) is 4.83. The molecule has 7 aliphatic rings. The van der Waals surface area contributed by atoms with E-state index in [1.807, 2.05) is 42.2 Å². The van der Waals surface area contributed by atoms with Gasteiger partial charge in [-0.3, -0.25) is 4.79 Å². The van der Waals surface area contributed by atoms with Gasteiger partial charge in [0.15, 0.2) is 5.82 Å². The lowest BCUT2D eigenvalue weighted by Crippen LogP contribution is -2.71. The van der Waals surface area contributed by atoms with Gasteiger partial charge >= 0.3 is 0 Å². The quantitative estimate of drug-likeness (QED) is 0.362. The van der Waals surface area contributed by atoms with Crippen molar-refractivity contribution in [3.63, 3.8) is 0 Å². The van der Waals surface area contributed by atoms with Crippen LogP contribution in [0.2, 0.25) is 0 Å². The molecular formula is C31H34FN5O2. The molecule has 0 unspecified atom stereocenters. The molecule has 2 heterocycles. The lowest BCUT2D eigenvalue weighted by Gasteiger charge is -2.65. The van der Waals surface area contributed by atoms with E-state index >= 15 is 0 Å². The molecule has 4 bridgehead atoms. The van der Waals surface area contributed by atoms with E-state index in [4.69, 9.17) is 9.51 Å². The monoisotopic (exact) mass is 527 g/mol. The molecule has 0 atom stereocenters. The number of aromatic nitrogens is 4. The van der Waals surface area contributed by atoms with Crippen LogP contribution < -0.4 is 4.90 Å². The highest BCUT2D eigenvalue weighted by Crippen LogP contribution is 2.70. The maximum Gasteiger partial charge on any atom is 0.233 e. The molecule has 3 aromatic rings. The van der Waals surface area contributed by atoms with Gasteiger partial charge in [0.2, 0.25) is 11.8 Å². The molecule has 39 heavy (non-hydrogen) atoms. The van der Waals surface area contributed by atoms with Crippen molar-refractivity contribution >= 4 is 11.6 Å². The van der Waals surface area contributed by atoms with Gasteiger partial charge in [0, 0.05) is 29.1 Å². The maximum absolute atomic E-state index is 14.5. The van der Waals surface area contributed by atoms with Crippen LogP contribution in [0, 0.1) is 17.8 Å². The van der Waals surface area contributed by atoms with E-state index in [9.17, 15) is 9.18 Å². The van der Waals surface area contributed by atoms with Gasteiger partial charge in [0.05, 0.1) is 16.8 Å². The zero-order chi connectivity index (χ0) is 26.5. The summed E-state index contributed by atoms with van der Waals surface area (Å²) in [6, 6.07) is 12.0. The summed E-state index contributed by atoms with van der Waals surface area (Å²) in [5.41, 5.74) is 1.85. The number of halogens is 1. The summed E-state index contributed by atoms with van der Waals surface area (Å²) < 4.78 is 20.3. The highest BCUT2D eigenvalue weighted by Gasteiger charge is 2.73. The van der Waals surface area contributed by atoms with Crippen molar-refractivity contribution in [1.29, 1.82) is 0 Å². The molecule has 0 saturated heterocycles. The van der Waals surface area contributed by atoms with Crippen LogP contribution in [0.5, 0.6) is 0 Å². The number of amides is 1. The van der Waals surface area contributed by atoms with Gasteiger partial charge in [-0.05, 0) is 107 Å². The van der Waals surface area contributed by atoms with Crippen molar-refractivity contribution in [2.75, 3.05) is 11.4 Å². The molecule has 202 valence electrons. The minimum Gasteiger partial charge on any atom is -0.339 e. The van der Waals surface area contributed by atoms with E-state index in [0.29, 0.717) is 31.7 Å². The molecule has 7 saturated carbocycles. The number of fused-ring (bicyclic) bond motifs is 3. The van der Waals surface area contributed by atoms with Gasteiger partial charge in [0.1, 0.15) is 5.67 Å². The number of benzene rings is 1. The van der Waals surface area contributed by atoms with Gasteiger partial charge in [-0.2, -0.15) is 15.2 Å². The van der Waals surface area contributed by atoms with E-state index < -0.39 is 11.1 Å². The number of carbonyl (C=O) groups excluding carboxylic acids is 1. The van der Waals surface area contributed by atoms with Crippen LogP contribution in [0.25, 0.3) is 11.3 Å². The van der Waals surface area contributed by atoms with Crippen molar-refractivity contribution in [2.45, 2.75) is 94.6 Å². The van der Waals surface area contributed by atoms with E-state index in [-0.39, 0.29) is 16.7 Å². The minimum absolute atomic E-state index is 0.0186. The molecule has 0 spiro atoms. The highest BCUT2D eigenvalue weighted by atomic mass is 19.1. The van der Waals surface area contributed by atoms with Crippen LogP contribution in [-0.2, 0) is 10.2 Å². The largest absolute Gasteiger partial charge is 0.339 e. The number of alkyl halides is 1. The van der Waals surface area contributed by atoms with Crippen LogP contribution in [0.1, 0.15) is 94.0 Å². The second-order valence-corrected chi connectivity index (χ2v) is 13.5. The predicted molar refractivity (Wildman–Crippen MR) is 143 cm³/mol. The van der Waals surface area contributed by atoms with Crippen LogP contribution in [0.3, 0.4) is 0 Å². The molecule has 0 aliphatic heterocycles. The zero-order valence-electron chi connectivity index (χ0n) is 22.5.